The molecule has 0 bridgehead atoms. The van der Waals surface area contributed by atoms with Gasteiger partial charge in [0.1, 0.15) is 5.60 Å². The Kier molecular flexibility index (Phi) is 6.41. The van der Waals surface area contributed by atoms with Crippen molar-refractivity contribution in [1.29, 1.82) is 0 Å². The van der Waals surface area contributed by atoms with Crippen LogP contribution in [0.15, 0.2) is 18.5 Å². The Hall–Kier alpha value is -0.960. The van der Waals surface area contributed by atoms with E-state index in [0.29, 0.717) is 13.1 Å². The van der Waals surface area contributed by atoms with Gasteiger partial charge in [-0.3, -0.25) is 3.97 Å². The third kappa shape index (κ3) is 4.17. The highest BCUT2D eigenvalue weighted by Crippen LogP contribution is 2.30. The number of ether oxygens (including phenoxy) is 1. The van der Waals surface area contributed by atoms with Crippen molar-refractivity contribution < 1.29 is 9.53 Å². The first-order valence-corrected chi connectivity index (χ1v) is 11.5. The summed E-state index contributed by atoms with van der Waals surface area (Å²) < 4.78 is 7.51. The van der Waals surface area contributed by atoms with Crippen molar-refractivity contribution in [2.75, 3.05) is 6.54 Å². The van der Waals surface area contributed by atoms with E-state index in [4.69, 9.17) is 4.74 Å². The zero-order valence-corrected chi connectivity index (χ0v) is 17.8. The summed E-state index contributed by atoms with van der Waals surface area (Å²) >= 11 is 2.25. The summed E-state index contributed by atoms with van der Waals surface area (Å²) in [6.07, 6.45) is 4.51. The highest BCUT2D eigenvalue weighted by atomic mass is 127. The molecule has 0 N–H and O–H groups in total. The van der Waals surface area contributed by atoms with Crippen LogP contribution in [0.2, 0.25) is 0 Å². The van der Waals surface area contributed by atoms with Gasteiger partial charge in [0.15, 0.2) is 5.65 Å². The van der Waals surface area contributed by atoms with Crippen LogP contribution in [0.3, 0.4) is 0 Å². The summed E-state index contributed by atoms with van der Waals surface area (Å²) in [6, 6.07) is 2.11. The van der Waals surface area contributed by atoms with Gasteiger partial charge in [-0.1, -0.05) is 13.8 Å². The summed E-state index contributed by atoms with van der Waals surface area (Å²) in [5.41, 5.74) is 2.94. The molecule has 0 saturated heterocycles. The second kappa shape index (κ2) is 7.95. The maximum Gasteiger partial charge on any atom is 0.410 e. The lowest BCUT2D eigenvalue weighted by Crippen LogP contribution is -2.40. The predicted octanol–water partition coefficient (Wildman–Crippen LogP) is 5.20. The van der Waals surface area contributed by atoms with Crippen LogP contribution >= 0.6 is 30.3 Å². The number of hydrogen-bond acceptors (Lipinski definition) is 4. The minimum atomic E-state index is -0.464. The molecular formula is C17H24IN3O2S. The van der Waals surface area contributed by atoms with E-state index < -0.39 is 5.60 Å². The van der Waals surface area contributed by atoms with Gasteiger partial charge in [0.2, 0.25) is 0 Å². The van der Waals surface area contributed by atoms with Gasteiger partial charge in [-0.15, -0.1) is 0 Å². The standard InChI is InChI=1S/C15H18IN3O2S.C2H6/c1-15(2,3)21-14(20)18-6-4-11-10(9-18)8-17-13-12(11)5-7-19(13)22-16;1-2/h5,7-8H,4,6,9H2,1-3H3;1-2H3. The Morgan fingerprint density at radius 3 is 2.71 bits per heavy atom. The summed E-state index contributed by atoms with van der Waals surface area (Å²) in [7, 11) is 1.61. The molecule has 0 spiro atoms. The van der Waals surface area contributed by atoms with Crippen molar-refractivity contribution in [3.05, 3.63) is 29.6 Å². The number of rotatable bonds is 1. The van der Waals surface area contributed by atoms with Crippen LogP contribution in [0, 0.1) is 0 Å². The lowest BCUT2D eigenvalue weighted by atomic mass is 9.99. The summed E-state index contributed by atoms with van der Waals surface area (Å²) in [6.45, 7) is 10.9. The molecule has 5 nitrogen and oxygen atoms in total. The van der Waals surface area contributed by atoms with Gasteiger partial charge < -0.3 is 9.64 Å². The van der Waals surface area contributed by atoms with Crippen molar-refractivity contribution >= 4 is 47.5 Å². The van der Waals surface area contributed by atoms with E-state index in [1.54, 1.807) is 14.0 Å². The van der Waals surface area contributed by atoms with E-state index in [2.05, 4.69) is 36.2 Å². The second-order valence-electron chi connectivity index (χ2n) is 6.36. The molecule has 3 rings (SSSR count). The number of nitrogens with zero attached hydrogens (tertiary/aromatic N) is 3. The van der Waals surface area contributed by atoms with E-state index in [1.165, 1.54) is 10.9 Å². The first-order chi connectivity index (χ1) is 11.4. The Morgan fingerprint density at radius 2 is 2.08 bits per heavy atom. The van der Waals surface area contributed by atoms with Crippen molar-refractivity contribution in [3.63, 3.8) is 0 Å². The van der Waals surface area contributed by atoms with E-state index in [1.807, 2.05) is 47.0 Å². The molecule has 0 saturated carbocycles. The monoisotopic (exact) mass is 461 g/mol. The van der Waals surface area contributed by atoms with Gasteiger partial charge in [0.25, 0.3) is 0 Å². The fourth-order valence-electron chi connectivity index (χ4n) is 2.66. The Bertz CT molecular complexity index is 724. The zero-order chi connectivity index (χ0) is 17.9. The number of fused-ring (bicyclic) bond motifs is 3. The van der Waals surface area contributed by atoms with Crippen molar-refractivity contribution in [3.8, 4) is 0 Å². The van der Waals surface area contributed by atoms with Crippen LogP contribution < -0.4 is 0 Å². The normalized spacial score (nSPS) is 14.0. The first kappa shape index (κ1) is 19.4. The van der Waals surface area contributed by atoms with E-state index in [0.717, 1.165) is 17.6 Å². The summed E-state index contributed by atoms with van der Waals surface area (Å²) in [5, 5.41) is 1.19. The smallest absolute Gasteiger partial charge is 0.410 e. The average Bonchev–Trinajstić information content (AvgIpc) is 2.98. The number of pyridine rings is 1. The van der Waals surface area contributed by atoms with Crippen molar-refractivity contribution in [1.82, 2.24) is 13.9 Å². The van der Waals surface area contributed by atoms with Crippen LogP contribution in [0.5, 0.6) is 0 Å². The van der Waals surface area contributed by atoms with Crippen LogP contribution in [-0.2, 0) is 17.7 Å². The minimum absolute atomic E-state index is 0.251. The molecule has 2 aromatic heterocycles. The summed E-state index contributed by atoms with van der Waals surface area (Å²) in [4.78, 5) is 18.5. The third-order valence-electron chi connectivity index (χ3n) is 3.60. The Balaban J connectivity index is 0.00000100. The number of carbonyl (C=O) groups is 1. The van der Waals surface area contributed by atoms with E-state index in [9.17, 15) is 4.79 Å². The van der Waals surface area contributed by atoms with Crippen LogP contribution in [0.25, 0.3) is 11.0 Å². The fourth-order valence-corrected chi connectivity index (χ4v) is 3.93. The molecule has 0 aromatic carbocycles. The molecular weight excluding hydrogens is 437 g/mol. The molecule has 0 aliphatic carbocycles. The first-order valence-electron chi connectivity index (χ1n) is 8.14. The maximum absolute atomic E-state index is 12.2. The maximum atomic E-state index is 12.2. The van der Waals surface area contributed by atoms with E-state index >= 15 is 0 Å². The zero-order valence-electron chi connectivity index (χ0n) is 14.8. The van der Waals surface area contributed by atoms with Crippen LogP contribution in [-0.4, -0.2) is 32.1 Å². The van der Waals surface area contributed by atoms with Gasteiger partial charge in [0, 0.05) is 54.6 Å². The van der Waals surface area contributed by atoms with Gasteiger partial charge in [0.05, 0.1) is 6.54 Å². The molecule has 0 unspecified atom stereocenters. The number of hydrogen-bond donors (Lipinski definition) is 0. The molecule has 0 radical (unpaired) electrons. The summed E-state index contributed by atoms with van der Waals surface area (Å²) in [5.74, 6) is 0. The quantitative estimate of drug-likeness (QED) is 0.548. The average molecular weight is 461 g/mol. The number of aromatic nitrogens is 2. The lowest BCUT2D eigenvalue weighted by Gasteiger charge is -2.31. The Morgan fingerprint density at radius 1 is 1.38 bits per heavy atom. The van der Waals surface area contributed by atoms with Crippen molar-refractivity contribution in [2.45, 2.75) is 53.2 Å². The molecule has 24 heavy (non-hydrogen) atoms. The van der Waals surface area contributed by atoms with Gasteiger partial charge in [-0.25, -0.2) is 9.78 Å². The highest BCUT2D eigenvalue weighted by Gasteiger charge is 2.27. The molecule has 7 heteroatoms. The fraction of sp³-hybridized carbons (Fsp3) is 0.529. The molecule has 1 aliphatic rings. The van der Waals surface area contributed by atoms with E-state index in [-0.39, 0.29) is 6.09 Å². The molecule has 2 aromatic rings. The minimum Gasteiger partial charge on any atom is -0.444 e. The highest BCUT2D eigenvalue weighted by molar-refractivity contribution is 14.2. The van der Waals surface area contributed by atoms with Crippen molar-refractivity contribution in [2.24, 2.45) is 0 Å². The molecule has 0 fully saturated rings. The molecule has 1 aliphatic heterocycles. The second-order valence-corrected chi connectivity index (χ2v) is 8.07. The van der Waals surface area contributed by atoms with Gasteiger partial charge >= 0.3 is 6.09 Å². The van der Waals surface area contributed by atoms with Gasteiger partial charge in [-0.05, 0) is 44.4 Å². The number of amides is 1. The molecule has 0 atom stereocenters. The molecule has 3 heterocycles. The van der Waals surface area contributed by atoms with Gasteiger partial charge in [-0.2, -0.15) is 0 Å². The Labute approximate surface area is 159 Å². The third-order valence-corrected chi connectivity index (χ3v) is 5.32. The van der Waals surface area contributed by atoms with Crippen LogP contribution in [0.4, 0.5) is 4.79 Å². The molecule has 132 valence electrons. The molecule has 1 amide bonds. The topological polar surface area (TPSA) is 47.4 Å². The van der Waals surface area contributed by atoms with Crippen LogP contribution in [0.1, 0.15) is 45.7 Å². The lowest BCUT2D eigenvalue weighted by molar-refractivity contribution is 0.0224. The SMILES string of the molecule is CC.CC(C)(C)OC(=O)N1CCc2c(cnc3c2ccn3SI)C1. The number of carbonyl (C=O) groups excluding carboxylic acids is 1. The largest absolute Gasteiger partial charge is 0.444 e. The predicted molar refractivity (Wildman–Crippen MR) is 108 cm³/mol. The number of halogens is 1.